The van der Waals surface area contributed by atoms with E-state index in [9.17, 15) is 4.79 Å². The van der Waals surface area contributed by atoms with Crippen LogP contribution in [-0.2, 0) is 9.63 Å². The second kappa shape index (κ2) is 4.37. The number of carbonyl (C=O) groups excluding carboxylic acids is 1. The summed E-state index contributed by atoms with van der Waals surface area (Å²) in [6.45, 7) is 0. The lowest BCUT2D eigenvalue weighted by Crippen LogP contribution is -2.06. The molecule has 0 atom stereocenters. The summed E-state index contributed by atoms with van der Waals surface area (Å²) in [6.07, 6.45) is 1.62. The first-order valence-electron chi connectivity index (χ1n) is 4.56. The lowest BCUT2D eigenvalue weighted by Gasteiger charge is -1.97. The minimum absolute atomic E-state index is 0.121. The zero-order valence-corrected chi connectivity index (χ0v) is 8.94. The van der Waals surface area contributed by atoms with Gasteiger partial charge < -0.3 is 9.94 Å². The number of rotatable bonds is 2. The van der Waals surface area contributed by atoms with Crippen molar-refractivity contribution in [2.24, 2.45) is 5.16 Å². The van der Waals surface area contributed by atoms with E-state index in [1.165, 1.54) is 12.1 Å². The van der Waals surface area contributed by atoms with Crippen LogP contribution in [-0.4, -0.2) is 22.7 Å². The van der Waals surface area contributed by atoms with E-state index in [0.717, 1.165) is 5.56 Å². The predicted octanol–water partition coefficient (Wildman–Crippen LogP) is 1.93. The fourth-order valence-corrected chi connectivity index (χ4v) is 1.48. The molecule has 1 aliphatic rings. The van der Waals surface area contributed by atoms with Crippen molar-refractivity contribution in [3.63, 3.8) is 0 Å². The molecule has 0 fully saturated rings. The van der Waals surface area contributed by atoms with E-state index in [4.69, 9.17) is 16.7 Å². The maximum Gasteiger partial charge on any atom is 0.367 e. The van der Waals surface area contributed by atoms with E-state index in [1.54, 1.807) is 18.2 Å². The number of alkyl halides is 1. The molecule has 0 radical (unpaired) electrons. The Morgan fingerprint density at radius 3 is 2.69 bits per heavy atom. The van der Waals surface area contributed by atoms with Gasteiger partial charge in [-0.15, -0.1) is 11.6 Å². The number of hydrogen-bond donors (Lipinski definition) is 1. The van der Waals surface area contributed by atoms with Gasteiger partial charge in [0.05, 0.1) is 11.5 Å². The smallest absolute Gasteiger partial charge is 0.367 e. The molecule has 1 aromatic carbocycles. The Morgan fingerprint density at radius 1 is 1.38 bits per heavy atom. The van der Waals surface area contributed by atoms with Crippen LogP contribution < -0.4 is 0 Å². The molecule has 5 heteroatoms. The summed E-state index contributed by atoms with van der Waals surface area (Å²) in [5, 5.41) is 12.7. The fourth-order valence-electron chi connectivity index (χ4n) is 1.29. The Morgan fingerprint density at radius 2 is 2.06 bits per heavy atom. The third-order valence-electron chi connectivity index (χ3n) is 2.10. The van der Waals surface area contributed by atoms with E-state index < -0.39 is 5.97 Å². The SMILES string of the molecule is O=C1ON=C(CCl)/C1=C\c1ccc(O)cc1. The third-order valence-corrected chi connectivity index (χ3v) is 2.35. The molecular formula is C11H8ClNO3. The molecule has 0 aliphatic carbocycles. The number of benzene rings is 1. The summed E-state index contributed by atoms with van der Waals surface area (Å²) in [4.78, 5) is 15.8. The highest BCUT2D eigenvalue weighted by Gasteiger charge is 2.24. The standard InChI is InChI=1S/C11H8ClNO3/c12-6-10-9(11(15)16-13-10)5-7-1-3-8(14)4-2-7/h1-5,14H,6H2/b9-5+. The molecule has 0 amide bonds. The molecule has 0 saturated heterocycles. The Labute approximate surface area is 96.8 Å². The van der Waals surface area contributed by atoms with Crippen LogP contribution in [0.4, 0.5) is 0 Å². The van der Waals surface area contributed by atoms with Crippen molar-refractivity contribution in [2.45, 2.75) is 0 Å². The first-order chi connectivity index (χ1) is 7.70. The van der Waals surface area contributed by atoms with Crippen LogP contribution in [0.5, 0.6) is 5.75 Å². The highest BCUT2D eigenvalue weighted by molar-refractivity contribution is 6.38. The monoisotopic (exact) mass is 237 g/mol. The topological polar surface area (TPSA) is 58.9 Å². The molecule has 0 unspecified atom stereocenters. The van der Waals surface area contributed by atoms with Crippen molar-refractivity contribution in [3.05, 3.63) is 35.4 Å². The van der Waals surface area contributed by atoms with Gasteiger partial charge in [-0.3, -0.25) is 0 Å². The molecule has 82 valence electrons. The Kier molecular flexibility index (Phi) is 2.92. The summed E-state index contributed by atoms with van der Waals surface area (Å²) in [5.41, 5.74) is 1.53. The van der Waals surface area contributed by atoms with E-state index in [1.807, 2.05) is 0 Å². The van der Waals surface area contributed by atoms with Crippen LogP contribution in [0.1, 0.15) is 5.56 Å². The number of carbonyl (C=O) groups is 1. The zero-order valence-electron chi connectivity index (χ0n) is 8.18. The maximum atomic E-state index is 11.3. The molecule has 4 nitrogen and oxygen atoms in total. The van der Waals surface area contributed by atoms with Crippen LogP contribution in [0.25, 0.3) is 6.08 Å². The normalized spacial score (nSPS) is 17.4. The molecule has 1 aliphatic heterocycles. The van der Waals surface area contributed by atoms with E-state index >= 15 is 0 Å². The van der Waals surface area contributed by atoms with Crippen molar-refractivity contribution >= 4 is 29.4 Å². The Balaban J connectivity index is 2.33. The Bertz CT molecular complexity index is 477. The molecule has 0 aromatic heterocycles. The van der Waals surface area contributed by atoms with Gasteiger partial charge in [-0.1, -0.05) is 17.3 Å². The van der Waals surface area contributed by atoms with E-state index in [0.29, 0.717) is 11.3 Å². The summed E-state index contributed by atoms with van der Waals surface area (Å²) < 4.78 is 0. The van der Waals surface area contributed by atoms with Gasteiger partial charge in [0.2, 0.25) is 0 Å². The molecule has 1 N–H and O–H groups in total. The molecule has 16 heavy (non-hydrogen) atoms. The highest BCUT2D eigenvalue weighted by atomic mass is 35.5. The molecule has 1 heterocycles. The number of halogens is 1. The quantitative estimate of drug-likeness (QED) is 0.486. The summed E-state index contributed by atoms with van der Waals surface area (Å²) in [6, 6.07) is 6.42. The van der Waals surface area contributed by atoms with Crippen molar-refractivity contribution in [1.29, 1.82) is 0 Å². The second-order valence-electron chi connectivity index (χ2n) is 3.20. The Hall–Kier alpha value is -1.81. The number of phenols is 1. The van der Waals surface area contributed by atoms with Gasteiger partial charge in [0.1, 0.15) is 11.5 Å². The van der Waals surface area contributed by atoms with Gasteiger partial charge >= 0.3 is 5.97 Å². The van der Waals surface area contributed by atoms with Gasteiger partial charge in [-0.05, 0) is 23.8 Å². The summed E-state index contributed by atoms with van der Waals surface area (Å²) >= 11 is 5.62. The first-order valence-corrected chi connectivity index (χ1v) is 5.09. The molecular weight excluding hydrogens is 230 g/mol. The van der Waals surface area contributed by atoms with Crippen LogP contribution in [0.3, 0.4) is 0 Å². The largest absolute Gasteiger partial charge is 0.508 e. The first kappa shape index (κ1) is 10.7. The lowest BCUT2D eigenvalue weighted by atomic mass is 10.1. The summed E-state index contributed by atoms with van der Waals surface area (Å²) in [7, 11) is 0. The number of nitrogens with zero attached hydrogens (tertiary/aromatic N) is 1. The van der Waals surface area contributed by atoms with E-state index in [-0.39, 0.29) is 11.6 Å². The number of oxime groups is 1. The maximum absolute atomic E-state index is 11.3. The lowest BCUT2D eigenvalue weighted by molar-refractivity contribution is -0.136. The predicted molar refractivity (Wildman–Crippen MR) is 60.3 cm³/mol. The van der Waals surface area contributed by atoms with Crippen molar-refractivity contribution in [2.75, 3.05) is 5.88 Å². The second-order valence-corrected chi connectivity index (χ2v) is 3.47. The minimum atomic E-state index is -0.510. The highest BCUT2D eigenvalue weighted by Crippen LogP contribution is 2.18. The minimum Gasteiger partial charge on any atom is -0.508 e. The van der Waals surface area contributed by atoms with Crippen molar-refractivity contribution < 1.29 is 14.7 Å². The van der Waals surface area contributed by atoms with Crippen molar-refractivity contribution in [1.82, 2.24) is 0 Å². The van der Waals surface area contributed by atoms with Crippen LogP contribution in [0, 0.1) is 0 Å². The summed E-state index contributed by atoms with van der Waals surface area (Å²) in [5.74, 6) is -0.221. The molecule has 0 spiro atoms. The average molecular weight is 238 g/mol. The fraction of sp³-hybridized carbons (Fsp3) is 0.0909. The van der Waals surface area contributed by atoms with Gasteiger partial charge in [-0.25, -0.2) is 4.79 Å². The molecule has 2 rings (SSSR count). The molecule has 0 saturated carbocycles. The molecule has 0 bridgehead atoms. The van der Waals surface area contributed by atoms with Gasteiger partial charge in [0.25, 0.3) is 0 Å². The number of phenolic OH excluding ortho intramolecular Hbond substituents is 1. The van der Waals surface area contributed by atoms with Gasteiger partial charge in [0, 0.05) is 0 Å². The van der Waals surface area contributed by atoms with Gasteiger partial charge in [-0.2, -0.15) is 0 Å². The third kappa shape index (κ3) is 2.06. The van der Waals surface area contributed by atoms with Crippen LogP contribution >= 0.6 is 11.6 Å². The van der Waals surface area contributed by atoms with E-state index in [2.05, 4.69) is 9.99 Å². The van der Waals surface area contributed by atoms with Crippen molar-refractivity contribution in [3.8, 4) is 5.75 Å². The number of aromatic hydroxyl groups is 1. The van der Waals surface area contributed by atoms with Crippen LogP contribution in [0.2, 0.25) is 0 Å². The average Bonchev–Trinajstić information content (AvgIpc) is 2.63. The molecule has 1 aromatic rings. The number of hydrogen-bond acceptors (Lipinski definition) is 4. The van der Waals surface area contributed by atoms with Crippen LogP contribution in [0.15, 0.2) is 35.0 Å². The zero-order chi connectivity index (χ0) is 11.5. The van der Waals surface area contributed by atoms with Gasteiger partial charge in [0.15, 0.2) is 0 Å².